The van der Waals surface area contributed by atoms with Crippen LogP contribution in [0.25, 0.3) is 22.2 Å². The molecule has 1 heterocycles. The second-order valence-electron chi connectivity index (χ2n) is 5.42. The molecule has 0 fully saturated rings. The largest absolute Gasteiger partial charge is 0.493 e. The zero-order chi connectivity index (χ0) is 18.7. The van der Waals surface area contributed by atoms with E-state index in [0.717, 1.165) is 22.2 Å². The highest BCUT2D eigenvalue weighted by Gasteiger charge is 2.16. The van der Waals surface area contributed by atoms with Crippen LogP contribution in [0, 0.1) is 0 Å². The monoisotopic (exact) mass is 374 g/mol. The van der Waals surface area contributed by atoms with Gasteiger partial charge in [-0.15, -0.1) is 11.6 Å². The van der Waals surface area contributed by atoms with Crippen molar-refractivity contribution in [1.82, 2.24) is 9.97 Å². The fraction of sp³-hybridized carbons (Fsp3) is 0.263. The van der Waals surface area contributed by atoms with Crippen LogP contribution in [0.15, 0.2) is 30.3 Å². The van der Waals surface area contributed by atoms with E-state index in [1.165, 1.54) is 0 Å². The molecule has 3 aromatic rings. The van der Waals surface area contributed by atoms with E-state index in [1.807, 2.05) is 30.3 Å². The van der Waals surface area contributed by atoms with Gasteiger partial charge in [0.25, 0.3) is 0 Å². The van der Waals surface area contributed by atoms with Crippen LogP contribution in [0.5, 0.6) is 23.0 Å². The molecule has 0 bridgehead atoms. The molecular weight excluding hydrogens is 356 g/mol. The van der Waals surface area contributed by atoms with Gasteiger partial charge in [-0.05, 0) is 24.3 Å². The fourth-order valence-corrected chi connectivity index (χ4v) is 2.89. The van der Waals surface area contributed by atoms with E-state index in [0.29, 0.717) is 28.8 Å². The third-order valence-corrected chi connectivity index (χ3v) is 4.26. The molecule has 7 heteroatoms. The number of methoxy groups -OCH3 is 4. The highest BCUT2D eigenvalue weighted by molar-refractivity contribution is 6.16. The lowest BCUT2D eigenvalue weighted by molar-refractivity contribution is 0.355. The molecule has 0 unspecified atom stereocenters. The third kappa shape index (κ3) is 3.20. The lowest BCUT2D eigenvalue weighted by Gasteiger charge is -2.14. The summed E-state index contributed by atoms with van der Waals surface area (Å²) in [6.07, 6.45) is 0. The molecule has 6 nitrogen and oxygen atoms in total. The van der Waals surface area contributed by atoms with Crippen molar-refractivity contribution in [1.29, 1.82) is 0 Å². The van der Waals surface area contributed by atoms with E-state index in [9.17, 15) is 0 Å². The normalized spacial score (nSPS) is 10.7. The molecule has 3 rings (SSSR count). The summed E-state index contributed by atoms with van der Waals surface area (Å²) in [5.74, 6) is 3.18. The van der Waals surface area contributed by atoms with Crippen molar-refractivity contribution in [3.05, 3.63) is 36.2 Å². The molecule has 0 amide bonds. The van der Waals surface area contributed by atoms with Crippen molar-refractivity contribution in [3.8, 4) is 34.3 Å². The van der Waals surface area contributed by atoms with E-state index in [2.05, 4.69) is 9.97 Å². The van der Waals surface area contributed by atoms with Crippen molar-refractivity contribution >= 4 is 22.5 Å². The number of rotatable bonds is 6. The van der Waals surface area contributed by atoms with E-state index in [4.69, 9.17) is 30.5 Å². The Morgan fingerprint density at radius 2 is 1.38 bits per heavy atom. The summed E-state index contributed by atoms with van der Waals surface area (Å²) in [5.41, 5.74) is 2.30. The van der Waals surface area contributed by atoms with Gasteiger partial charge < -0.3 is 18.9 Å². The quantitative estimate of drug-likeness (QED) is 0.606. The number of benzene rings is 2. The molecule has 0 radical (unpaired) electrons. The van der Waals surface area contributed by atoms with Gasteiger partial charge in [0.15, 0.2) is 23.0 Å². The van der Waals surface area contributed by atoms with Crippen molar-refractivity contribution < 1.29 is 18.9 Å². The van der Waals surface area contributed by atoms with Crippen molar-refractivity contribution in [2.24, 2.45) is 0 Å². The van der Waals surface area contributed by atoms with Crippen molar-refractivity contribution in [3.63, 3.8) is 0 Å². The summed E-state index contributed by atoms with van der Waals surface area (Å²) in [6.45, 7) is 0. The summed E-state index contributed by atoms with van der Waals surface area (Å²) < 4.78 is 21.5. The van der Waals surface area contributed by atoms with Gasteiger partial charge in [0.2, 0.25) is 0 Å². The molecule has 0 aliphatic rings. The summed E-state index contributed by atoms with van der Waals surface area (Å²) >= 11 is 6.00. The minimum atomic E-state index is 0.199. The minimum absolute atomic E-state index is 0.199. The van der Waals surface area contributed by atoms with Crippen LogP contribution < -0.4 is 18.9 Å². The minimum Gasteiger partial charge on any atom is -0.493 e. The number of hydrogen-bond acceptors (Lipinski definition) is 6. The molecule has 0 saturated carbocycles. The maximum Gasteiger partial charge on any atom is 0.162 e. The average Bonchev–Trinajstić information content (AvgIpc) is 2.71. The maximum absolute atomic E-state index is 6.00. The Morgan fingerprint density at radius 1 is 0.769 bits per heavy atom. The van der Waals surface area contributed by atoms with Crippen LogP contribution in [0.4, 0.5) is 0 Å². The van der Waals surface area contributed by atoms with Gasteiger partial charge >= 0.3 is 0 Å². The molecular formula is C19H19ClN2O4. The predicted molar refractivity (Wildman–Crippen MR) is 101 cm³/mol. The van der Waals surface area contributed by atoms with Crippen LogP contribution in [-0.2, 0) is 5.88 Å². The lowest BCUT2D eigenvalue weighted by Crippen LogP contribution is -1.99. The fourth-order valence-electron chi connectivity index (χ4n) is 2.77. The van der Waals surface area contributed by atoms with Crippen molar-refractivity contribution in [2.45, 2.75) is 5.88 Å². The highest BCUT2D eigenvalue weighted by Crippen LogP contribution is 2.38. The lowest BCUT2D eigenvalue weighted by atomic mass is 10.0. The SMILES string of the molecule is COc1ccc(-c2nc(CCl)nc3cc(OC)c(OC)cc23)cc1OC. The first kappa shape index (κ1) is 18.1. The van der Waals surface area contributed by atoms with E-state index in [-0.39, 0.29) is 5.88 Å². The van der Waals surface area contributed by atoms with Gasteiger partial charge in [-0.3, -0.25) is 0 Å². The van der Waals surface area contributed by atoms with Gasteiger partial charge in [0, 0.05) is 17.0 Å². The zero-order valence-corrected chi connectivity index (χ0v) is 15.8. The van der Waals surface area contributed by atoms with Crippen LogP contribution >= 0.6 is 11.6 Å². The van der Waals surface area contributed by atoms with E-state index < -0.39 is 0 Å². The number of ether oxygens (including phenoxy) is 4. The van der Waals surface area contributed by atoms with Gasteiger partial charge in [0.05, 0.1) is 45.5 Å². The number of nitrogens with zero attached hydrogens (tertiary/aromatic N) is 2. The first-order valence-corrected chi connectivity index (χ1v) is 8.39. The highest BCUT2D eigenvalue weighted by atomic mass is 35.5. The second kappa shape index (κ2) is 7.66. The Bertz CT molecular complexity index is 946. The molecule has 0 N–H and O–H groups in total. The maximum atomic E-state index is 6.00. The number of alkyl halides is 1. The summed E-state index contributed by atoms with van der Waals surface area (Å²) in [6, 6.07) is 9.30. The topological polar surface area (TPSA) is 62.7 Å². The van der Waals surface area contributed by atoms with E-state index >= 15 is 0 Å². The number of fused-ring (bicyclic) bond motifs is 1. The standard InChI is InChI=1S/C19H19ClN2O4/c1-23-14-6-5-11(7-15(14)24-2)19-12-8-16(25-3)17(26-4)9-13(12)21-18(10-20)22-19/h5-9H,10H2,1-4H3. The molecule has 1 aromatic heterocycles. The van der Waals surface area contributed by atoms with Crippen LogP contribution in [-0.4, -0.2) is 38.4 Å². The van der Waals surface area contributed by atoms with E-state index in [1.54, 1.807) is 28.4 Å². The summed E-state index contributed by atoms with van der Waals surface area (Å²) in [5, 5.41) is 0.823. The first-order chi connectivity index (χ1) is 12.6. The Balaban J connectivity index is 2.30. The number of halogens is 1. The van der Waals surface area contributed by atoms with Gasteiger partial charge in [-0.25, -0.2) is 9.97 Å². The van der Waals surface area contributed by atoms with Gasteiger partial charge in [-0.1, -0.05) is 0 Å². The molecule has 26 heavy (non-hydrogen) atoms. The molecule has 136 valence electrons. The van der Waals surface area contributed by atoms with Crippen LogP contribution in [0.2, 0.25) is 0 Å². The zero-order valence-electron chi connectivity index (χ0n) is 15.0. The first-order valence-electron chi connectivity index (χ1n) is 7.86. The smallest absolute Gasteiger partial charge is 0.162 e. The molecule has 0 aliphatic heterocycles. The molecule has 0 atom stereocenters. The van der Waals surface area contributed by atoms with Crippen molar-refractivity contribution in [2.75, 3.05) is 28.4 Å². The Labute approximate surface area is 156 Å². The Morgan fingerprint density at radius 3 is 2.00 bits per heavy atom. The van der Waals surface area contributed by atoms with Gasteiger partial charge in [-0.2, -0.15) is 0 Å². The Hall–Kier alpha value is -2.73. The average molecular weight is 375 g/mol. The molecule has 0 saturated heterocycles. The second-order valence-corrected chi connectivity index (χ2v) is 5.68. The van der Waals surface area contributed by atoms with Gasteiger partial charge in [0.1, 0.15) is 5.82 Å². The van der Waals surface area contributed by atoms with Crippen LogP contribution in [0.3, 0.4) is 0 Å². The molecule has 0 aliphatic carbocycles. The third-order valence-electron chi connectivity index (χ3n) is 4.02. The molecule has 2 aromatic carbocycles. The Kier molecular flexibility index (Phi) is 5.32. The number of aromatic nitrogens is 2. The summed E-state index contributed by atoms with van der Waals surface area (Å²) in [4.78, 5) is 9.12. The van der Waals surface area contributed by atoms with Crippen LogP contribution in [0.1, 0.15) is 5.82 Å². The predicted octanol–water partition coefficient (Wildman–Crippen LogP) is 4.07. The summed E-state index contributed by atoms with van der Waals surface area (Å²) in [7, 11) is 6.37. The molecule has 0 spiro atoms. The number of hydrogen-bond donors (Lipinski definition) is 0.